The normalized spacial score (nSPS) is 12.8. The summed E-state index contributed by atoms with van der Waals surface area (Å²) in [6, 6.07) is 5.27. The number of nitrogens with one attached hydrogen (secondary N) is 1. The molecular formula is C12H15F3N2O3. The summed E-state index contributed by atoms with van der Waals surface area (Å²) < 4.78 is 45.4. The van der Waals surface area contributed by atoms with E-state index >= 15 is 0 Å². The van der Waals surface area contributed by atoms with E-state index in [9.17, 15) is 18.0 Å². The van der Waals surface area contributed by atoms with Crippen LogP contribution in [0.4, 0.5) is 18.9 Å². The van der Waals surface area contributed by atoms with Crippen LogP contribution in [0, 0.1) is 0 Å². The van der Waals surface area contributed by atoms with E-state index in [1.54, 1.807) is 0 Å². The van der Waals surface area contributed by atoms with Crippen LogP contribution in [0.5, 0.6) is 5.75 Å². The highest BCUT2D eigenvalue weighted by Crippen LogP contribution is 2.29. The van der Waals surface area contributed by atoms with Crippen LogP contribution in [-0.2, 0) is 9.53 Å². The second-order valence-electron chi connectivity index (χ2n) is 3.89. The van der Waals surface area contributed by atoms with Crippen LogP contribution in [0.2, 0.25) is 0 Å². The predicted molar refractivity (Wildman–Crippen MR) is 66.2 cm³/mol. The molecule has 20 heavy (non-hydrogen) atoms. The molecule has 1 amide bonds. The third-order valence-corrected chi connectivity index (χ3v) is 2.40. The number of alkyl halides is 3. The zero-order chi connectivity index (χ0) is 15.2. The van der Waals surface area contributed by atoms with Crippen molar-refractivity contribution in [1.29, 1.82) is 0 Å². The Morgan fingerprint density at radius 3 is 2.60 bits per heavy atom. The third kappa shape index (κ3) is 5.45. The largest absolute Gasteiger partial charge is 0.573 e. The van der Waals surface area contributed by atoms with Crippen molar-refractivity contribution in [1.82, 2.24) is 0 Å². The molecule has 0 aliphatic rings. The van der Waals surface area contributed by atoms with E-state index in [0.717, 1.165) is 6.07 Å². The summed E-state index contributed by atoms with van der Waals surface area (Å²) in [7, 11) is 1.39. The van der Waals surface area contributed by atoms with Gasteiger partial charge in [0.2, 0.25) is 5.91 Å². The maximum Gasteiger partial charge on any atom is 0.573 e. The van der Waals surface area contributed by atoms with Crippen molar-refractivity contribution in [3.8, 4) is 5.75 Å². The van der Waals surface area contributed by atoms with Gasteiger partial charge in [-0.2, -0.15) is 0 Å². The number of hydrogen-bond donors (Lipinski definition) is 2. The lowest BCUT2D eigenvalue weighted by Gasteiger charge is -2.15. The van der Waals surface area contributed by atoms with Gasteiger partial charge in [0, 0.05) is 13.7 Å². The van der Waals surface area contributed by atoms with Crippen LogP contribution in [0.15, 0.2) is 24.3 Å². The Labute approximate surface area is 113 Å². The van der Waals surface area contributed by atoms with Crippen LogP contribution in [0.25, 0.3) is 0 Å². The van der Waals surface area contributed by atoms with Crippen LogP contribution < -0.4 is 15.8 Å². The molecule has 5 nitrogen and oxygen atoms in total. The molecule has 112 valence electrons. The van der Waals surface area contributed by atoms with Crippen molar-refractivity contribution >= 4 is 11.6 Å². The first kappa shape index (κ1) is 16.3. The number of ether oxygens (including phenoxy) is 2. The number of rotatable bonds is 6. The van der Waals surface area contributed by atoms with Crippen LogP contribution in [0.3, 0.4) is 0 Å². The highest BCUT2D eigenvalue weighted by molar-refractivity contribution is 5.92. The molecule has 0 saturated carbocycles. The average Bonchev–Trinajstić information content (AvgIpc) is 2.36. The van der Waals surface area contributed by atoms with E-state index in [1.807, 2.05) is 0 Å². The van der Waals surface area contributed by atoms with Crippen molar-refractivity contribution in [2.45, 2.75) is 18.9 Å². The number of carbonyl (C=O) groups is 1. The van der Waals surface area contributed by atoms with Gasteiger partial charge in [0.15, 0.2) is 5.75 Å². The first-order chi connectivity index (χ1) is 9.35. The van der Waals surface area contributed by atoms with E-state index in [4.69, 9.17) is 10.5 Å². The quantitative estimate of drug-likeness (QED) is 0.839. The number of nitrogens with two attached hydrogens (primary N) is 1. The molecule has 0 radical (unpaired) electrons. The monoisotopic (exact) mass is 292 g/mol. The number of anilines is 1. The molecule has 1 aromatic carbocycles. The van der Waals surface area contributed by atoms with Crippen molar-refractivity contribution in [3.05, 3.63) is 24.3 Å². The topological polar surface area (TPSA) is 73.6 Å². The van der Waals surface area contributed by atoms with Gasteiger partial charge in [0.25, 0.3) is 0 Å². The minimum atomic E-state index is -4.83. The Kier molecular flexibility index (Phi) is 5.78. The minimum absolute atomic E-state index is 0.0622. The molecule has 3 N–H and O–H groups in total. The summed E-state index contributed by atoms with van der Waals surface area (Å²) in [5.74, 6) is -0.990. The van der Waals surface area contributed by atoms with E-state index in [1.165, 1.54) is 25.3 Å². The molecule has 1 atom stereocenters. The molecule has 8 heteroatoms. The molecule has 0 heterocycles. The fraction of sp³-hybridized carbons (Fsp3) is 0.417. The maximum atomic E-state index is 12.2. The summed E-state index contributed by atoms with van der Waals surface area (Å²) in [6.45, 7) is 0.130. The molecule has 0 fully saturated rings. The van der Waals surface area contributed by atoms with Gasteiger partial charge >= 0.3 is 6.36 Å². The Hall–Kier alpha value is -1.80. The molecule has 0 spiro atoms. The third-order valence-electron chi connectivity index (χ3n) is 2.40. The van der Waals surface area contributed by atoms with Crippen LogP contribution >= 0.6 is 0 Å². The van der Waals surface area contributed by atoms with Gasteiger partial charge in [0.05, 0.1) is 18.2 Å². The zero-order valence-corrected chi connectivity index (χ0v) is 10.7. The molecule has 0 aromatic heterocycles. The summed E-state index contributed by atoms with van der Waals surface area (Å²) >= 11 is 0. The SMILES string of the molecule is COC(CN)CC(=O)Nc1ccccc1OC(F)(F)F. The predicted octanol–water partition coefficient (Wildman–Crippen LogP) is 1.89. The fourth-order valence-corrected chi connectivity index (χ4v) is 1.45. The number of halogens is 3. The highest BCUT2D eigenvalue weighted by atomic mass is 19.4. The lowest BCUT2D eigenvalue weighted by Crippen LogP contribution is -2.28. The van der Waals surface area contributed by atoms with Crippen molar-refractivity contribution in [2.24, 2.45) is 5.73 Å². The van der Waals surface area contributed by atoms with Gasteiger partial charge < -0.3 is 20.5 Å². The van der Waals surface area contributed by atoms with Crippen LogP contribution in [-0.4, -0.2) is 32.0 Å². The molecule has 0 aliphatic carbocycles. The second kappa shape index (κ2) is 7.11. The summed E-state index contributed by atoms with van der Waals surface area (Å²) in [5.41, 5.74) is 5.29. The highest BCUT2D eigenvalue weighted by Gasteiger charge is 2.32. The smallest absolute Gasteiger partial charge is 0.404 e. The zero-order valence-electron chi connectivity index (χ0n) is 10.7. The van der Waals surface area contributed by atoms with E-state index in [2.05, 4.69) is 10.1 Å². The Morgan fingerprint density at radius 1 is 1.40 bits per heavy atom. The fourth-order valence-electron chi connectivity index (χ4n) is 1.45. The van der Waals surface area contributed by atoms with Gasteiger partial charge in [-0.15, -0.1) is 13.2 Å². The Morgan fingerprint density at radius 2 is 2.05 bits per heavy atom. The number of hydrogen-bond acceptors (Lipinski definition) is 4. The Balaban J connectivity index is 2.74. The summed E-state index contributed by atoms with van der Waals surface area (Å²) in [5, 5.41) is 2.33. The first-order valence-electron chi connectivity index (χ1n) is 5.73. The lowest BCUT2D eigenvalue weighted by atomic mass is 10.2. The van der Waals surface area contributed by atoms with Gasteiger partial charge in [-0.05, 0) is 12.1 Å². The second-order valence-corrected chi connectivity index (χ2v) is 3.89. The van der Waals surface area contributed by atoms with Crippen LogP contribution in [0.1, 0.15) is 6.42 Å². The van der Waals surface area contributed by atoms with Gasteiger partial charge in [-0.25, -0.2) is 0 Å². The molecular weight excluding hydrogens is 277 g/mol. The van der Waals surface area contributed by atoms with E-state index in [-0.39, 0.29) is 18.7 Å². The number of carbonyl (C=O) groups excluding carboxylic acids is 1. The number of para-hydroxylation sites is 2. The number of benzene rings is 1. The Bertz CT molecular complexity index is 448. The van der Waals surface area contributed by atoms with E-state index < -0.39 is 24.1 Å². The summed E-state index contributed by atoms with van der Waals surface area (Å²) in [4.78, 5) is 11.7. The lowest BCUT2D eigenvalue weighted by molar-refractivity contribution is -0.274. The molecule has 0 aliphatic heterocycles. The van der Waals surface area contributed by atoms with Gasteiger partial charge in [-0.3, -0.25) is 4.79 Å². The molecule has 1 rings (SSSR count). The minimum Gasteiger partial charge on any atom is -0.404 e. The molecule has 0 bridgehead atoms. The number of amides is 1. The van der Waals surface area contributed by atoms with E-state index in [0.29, 0.717) is 0 Å². The standard InChI is InChI=1S/C12H15F3N2O3/c1-19-8(7-16)6-11(18)17-9-4-2-3-5-10(9)20-12(13,14)15/h2-5,8H,6-7,16H2,1H3,(H,17,18). The van der Waals surface area contributed by atoms with Gasteiger partial charge in [0.1, 0.15) is 0 Å². The molecule has 1 unspecified atom stereocenters. The average molecular weight is 292 g/mol. The molecule has 1 aromatic rings. The van der Waals surface area contributed by atoms with Crippen molar-refractivity contribution in [3.63, 3.8) is 0 Å². The van der Waals surface area contributed by atoms with Crippen molar-refractivity contribution in [2.75, 3.05) is 19.0 Å². The first-order valence-corrected chi connectivity index (χ1v) is 5.73. The summed E-state index contributed by atoms with van der Waals surface area (Å²) in [6.07, 6.45) is -5.38. The number of methoxy groups -OCH3 is 1. The molecule has 0 saturated heterocycles. The van der Waals surface area contributed by atoms with Crippen molar-refractivity contribution < 1.29 is 27.4 Å². The van der Waals surface area contributed by atoms with Gasteiger partial charge in [-0.1, -0.05) is 12.1 Å². The maximum absolute atomic E-state index is 12.2.